The lowest BCUT2D eigenvalue weighted by atomic mass is 9.79. The van der Waals surface area contributed by atoms with E-state index in [-0.39, 0.29) is 0 Å². The van der Waals surface area contributed by atoms with Crippen LogP contribution in [0.15, 0.2) is 0 Å². The summed E-state index contributed by atoms with van der Waals surface area (Å²) in [5.41, 5.74) is 0.559. The molecule has 1 aliphatic rings. The molecule has 0 bridgehead atoms. The Hall–Kier alpha value is 0. The Morgan fingerprint density at radius 3 is 2.09 bits per heavy atom. The van der Waals surface area contributed by atoms with Gasteiger partial charge in [0, 0.05) is 0 Å². The maximum Gasteiger partial charge on any atom is -0.0354 e. The van der Waals surface area contributed by atoms with Crippen LogP contribution in [0.25, 0.3) is 0 Å². The maximum absolute atomic E-state index is 2.38. The molecule has 0 spiro atoms. The number of hydrogen-bond acceptors (Lipinski definition) is 0. The molecule has 0 N–H and O–H groups in total. The summed E-state index contributed by atoms with van der Waals surface area (Å²) < 4.78 is 0. The van der Waals surface area contributed by atoms with E-state index in [1.165, 1.54) is 25.7 Å². The molecule has 0 heterocycles. The molecule has 1 saturated carbocycles. The summed E-state index contributed by atoms with van der Waals surface area (Å²) in [6.07, 6.45) is 5.84. The van der Waals surface area contributed by atoms with E-state index in [0.717, 1.165) is 11.8 Å². The van der Waals surface area contributed by atoms with Crippen molar-refractivity contribution >= 4 is 0 Å². The first-order valence-corrected chi connectivity index (χ1v) is 5.04. The Labute approximate surface area is 71.4 Å². The minimum atomic E-state index is 0.559. The molecular weight excluding hydrogens is 132 g/mol. The van der Waals surface area contributed by atoms with Crippen molar-refractivity contribution in [1.82, 2.24) is 0 Å². The van der Waals surface area contributed by atoms with E-state index in [9.17, 15) is 0 Å². The van der Waals surface area contributed by atoms with E-state index in [1.807, 2.05) is 0 Å². The van der Waals surface area contributed by atoms with Crippen LogP contribution >= 0.6 is 0 Å². The van der Waals surface area contributed by atoms with Crippen LogP contribution in [0.4, 0.5) is 0 Å². The van der Waals surface area contributed by atoms with Gasteiger partial charge in [-0.05, 0) is 30.1 Å². The summed E-state index contributed by atoms with van der Waals surface area (Å²) in [6.45, 7) is 9.48. The highest BCUT2D eigenvalue weighted by Gasteiger charge is 2.31. The van der Waals surface area contributed by atoms with Gasteiger partial charge in [-0.1, -0.05) is 40.5 Å². The molecule has 1 rings (SSSR count). The second-order valence-electron chi connectivity index (χ2n) is 5.15. The zero-order chi connectivity index (χ0) is 8.48. The summed E-state index contributed by atoms with van der Waals surface area (Å²) >= 11 is 0. The largest absolute Gasteiger partial charge is 0.0651 e. The first-order chi connectivity index (χ1) is 5.04. The highest BCUT2D eigenvalue weighted by molar-refractivity contribution is 4.82. The maximum atomic E-state index is 2.38. The van der Waals surface area contributed by atoms with Crippen LogP contribution in [0, 0.1) is 17.3 Å². The Balaban J connectivity index is 2.42. The van der Waals surface area contributed by atoms with E-state index < -0.39 is 0 Å². The second kappa shape index (κ2) is 3.16. The molecule has 66 valence electrons. The van der Waals surface area contributed by atoms with Crippen molar-refractivity contribution in [1.29, 1.82) is 0 Å². The lowest BCUT2D eigenvalue weighted by Crippen LogP contribution is -2.17. The molecule has 0 heteroatoms. The molecule has 0 radical (unpaired) electrons. The van der Waals surface area contributed by atoms with Gasteiger partial charge < -0.3 is 0 Å². The molecule has 1 fully saturated rings. The number of rotatable bonds is 1. The van der Waals surface area contributed by atoms with Crippen molar-refractivity contribution in [3.05, 3.63) is 0 Å². The molecule has 1 aliphatic carbocycles. The minimum Gasteiger partial charge on any atom is -0.0651 e. The molecule has 0 saturated heterocycles. The van der Waals surface area contributed by atoms with Crippen LogP contribution in [0.3, 0.4) is 0 Å². The Morgan fingerprint density at radius 2 is 1.82 bits per heavy atom. The predicted octanol–water partition coefficient (Wildman–Crippen LogP) is 3.86. The topological polar surface area (TPSA) is 0 Å². The quantitative estimate of drug-likeness (QED) is 0.538. The molecular formula is C11H22. The first kappa shape index (κ1) is 9.09. The van der Waals surface area contributed by atoms with E-state index in [1.54, 1.807) is 0 Å². The van der Waals surface area contributed by atoms with Crippen LogP contribution < -0.4 is 0 Å². The van der Waals surface area contributed by atoms with Crippen LogP contribution in [0.2, 0.25) is 0 Å². The molecule has 0 aromatic carbocycles. The standard InChI is InChI=1S/C11H22/c1-5-9-6-7-10(8-9)11(2,3)4/h9-10H,5-8H2,1-4H3/t9-,10?/m1/s1. The van der Waals surface area contributed by atoms with Gasteiger partial charge in [0.25, 0.3) is 0 Å². The summed E-state index contributed by atoms with van der Waals surface area (Å²) in [6, 6.07) is 0. The zero-order valence-corrected chi connectivity index (χ0v) is 8.48. The van der Waals surface area contributed by atoms with Crippen molar-refractivity contribution in [2.75, 3.05) is 0 Å². The molecule has 0 aromatic rings. The fourth-order valence-corrected chi connectivity index (χ4v) is 2.23. The Morgan fingerprint density at radius 1 is 1.18 bits per heavy atom. The summed E-state index contributed by atoms with van der Waals surface area (Å²) in [7, 11) is 0. The van der Waals surface area contributed by atoms with Gasteiger partial charge in [0.2, 0.25) is 0 Å². The highest BCUT2D eigenvalue weighted by Crippen LogP contribution is 2.42. The fourth-order valence-electron chi connectivity index (χ4n) is 2.23. The predicted molar refractivity (Wildman–Crippen MR) is 50.6 cm³/mol. The van der Waals surface area contributed by atoms with Gasteiger partial charge >= 0.3 is 0 Å². The van der Waals surface area contributed by atoms with Gasteiger partial charge in [-0.15, -0.1) is 0 Å². The van der Waals surface area contributed by atoms with E-state index >= 15 is 0 Å². The third kappa shape index (κ3) is 2.21. The first-order valence-electron chi connectivity index (χ1n) is 5.04. The van der Waals surface area contributed by atoms with Gasteiger partial charge in [0.1, 0.15) is 0 Å². The Bertz CT molecular complexity index is 118. The average Bonchev–Trinajstić information content (AvgIpc) is 2.32. The molecule has 11 heavy (non-hydrogen) atoms. The monoisotopic (exact) mass is 154 g/mol. The lowest BCUT2D eigenvalue weighted by Gasteiger charge is -2.26. The van der Waals surface area contributed by atoms with Crippen molar-refractivity contribution in [3.8, 4) is 0 Å². The van der Waals surface area contributed by atoms with E-state index in [4.69, 9.17) is 0 Å². The molecule has 0 nitrogen and oxygen atoms in total. The van der Waals surface area contributed by atoms with Crippen LogP contribution in [0.5, 0.6) is 0 Å². The molecule has 0 amide bonds. The van der Waals surface area contributed by atoms with Crippen molar-refractivity contribution < 1.29 is 0 Å². The van der Waals surface area contributed by atoms with Gasteiger partial charge in [-0.3, -0.25) is 0 Å². The van der Waals surface area contributed by atoms with Gasteiger partial charge in [-0.2, -0.15) is 0 Å². The zero-order valence-electron chi connectivity index (χ0n) is 8.48. The number of hydrogen-bond donors (Lipinski definition) is 0. The summed E-state index contributed by atoms with van der Waals surface area (Å²) in [4.78, 5) is 0. The lowest BCUT2D eigenvalue weighted by molar-refractivity contribution is 0.238. The smallest absolute Gasteiger partial charge is 0.0354 e. The van der Waals surface area contributed by atoms with Crippen molar-refractivity contribution in [2.45, 2.75) is 53.4 Å². The van der Waals surface area contributed by atoms with Crippen LogP contribution in [-0.2, 0) is 0 Å². The normalized spacial score (nSPS) is 32.7. The minimum absolute atomic E-state index is 0.559. The second-order valence-corrected chi connectivity index (χ2v) is 5.15. The molecule has 0 aromatic heterocycles. The highest BCUT2D eigenvalue weighted by atomic mass is 14.4. The third-order valence-electron chi connectivity index (χ3n) is 3.34. The fraction of sp³-hybridized carbons (Fsp3) is 1.00. The van der Waals surface area contributed by atoms with Crippen molar-refractivity contribution in [3.63, 3.8) is 0 Å². The molecule has 1 unspecified atom stereocenters. The summed E-state index contributed by atoms with van der Waals surface area (Å²) in [5, 5.41) is 0. The van der Waals surface area contributed by atoms with Crippen molar-refractivity contribution in [2.24, 2.45) is 17.3 Å². The van der Waals surface area contributed by atoms with Gasteiger partial charge in [0.15, 0.2) is 0 Å². The van der Waals surface area contributed by atoms with Gasteiger partial charge in [0.05, 0.1) is 0 Å². The molecule has 2 atom stereocenters. The van der Waals surface area contributed by atoms with E-state index in [2.05, 4.69) is 27.7 Å². The van der Waals surface area contributed by atoms with Crippen LogP contribution in [0.1, 0.15) is 53.4 Å². The van der Waals surface area contributed by atoms with Crippen LogP contribution in [-0.4, -0.2) is 0 Å². The third-order valence-corrected chi connectivity index (χ3v) is 3.34. The summed E-state index contributed by atoms with van der Waals surface area (Å²) in [5.74, 6) is 2.03. The Kier molecular flexibility index (Phi) is 2.61. The van der Waals surface area contributed by atoms with Gasteiger partial charge in [-0.25, -0.2) is 0 Å². The SMILES string of the molecule is CC[C@@H]1CCC(C(C)(C)C)C1. The van der Waals surface area contributed by atoms with E-state index in [0.29, 0.717) is 5.41 Å². The molecule has 0 aliphatic heterocycles. The average molecular weight is 154 g/mol.